The van der Waals surface area contributed by atoms with Gasteiger partial charge in [0.25, 0.3) is 0 Å². The molecule has 1 fully saturated rings. The number of nitrogens with one attached hydrogen (secondary N) is 1. The summed E-state index contributed by atoms with van der Waals surface area (Å²) in [7, 11) is 0. The Morgan fingerprint density at radius 1 is 1.32 bits per heavy atom. The van der Waals surface area contributed by atoms with E-state index in [9.17, 15) is 4.79 Å². The van der Waals surface area contributed by atoms with Crippen molar-refractivity contribution < 1.29 is 4.79 Å². The highest BCUT2D eigenvalue weighted by Gasteiger charge is 2.28. The summed E-state index contributed by atoms with van der Waals surface area (Å²) < 4.78 is 2.27. The normalized spacial score (nSPS) is 19.9. The van der Waals surface area contributed by atoms with Crippen molar-refractivity contribution >= 4 is 5.91 Å². The third kappa shape index (κ3) is 2.63. The lowest BCUT2D eigenvalue weighted by Crippen LogP contribution is -2.29. The van der Waals surface area contributed by atoms with Gasteiger partial charge in [-0.1, -0.05) is 0 Å². The summed E-state index contributed by atoms with van der Waals surface area (Å²) in [6.07, 6.45) is 10.7. The molecule has 0 aromatic carbocycles. The maximum Gasteiger partial charge on any atom is 0.220 e. The first kappa shape index (κ1) is 13.5. The molecule has 0 unspecified atom stereocenters. The highest BCUT2D eigenvalue weighted by atomic mass is 16.1. The Morgan fingerprint density at radius 2 is 2.23 bits per heavy atom. The Kier molecular flexibility index (Phi) is 3.41. The summed E-state index contributed by atoms with van der Waals surface area (Å²) in [6.45, 7) is 0.697. The highest BCUT2D eigenvalue weighted by Crippen LogP contribution is 2.33. The van der Waals surface area contributed by atoms with Gasteiger partial charge in [0.1, 0.15) is 5.82 Å². The molecule has 4 rings (SSSR count). The zero-order valence-corrected chi connectivity index (χ0v) is 12.5. The molecule has 0 spiro atoms. The quantitative estimate of drug-likeness (QED) is 0.921. The first-order valence-electron chi connectivity index (χ1n) is 8.04. The van der Waals surface area contributed by atoms with Crippen LogP contribution in [0.3, 0.4) is 0 Å². The Bertz CT molecular complexity index is 675. The molecule has 2 aromatic rings. The van der Waals surface area contributed by atoms with E-state index in [1.165, 1.54) is 12.8 Å². The van der Waals surface area contributed by atoms with Gasteiger partial charge in [0.2, 0.25) is 5.91 Å². The molecule has 22 heavy (non-hydrogen) atoms. The van der Waals surface area contributed by atoms with Crippen LogP contribution in [0.25, 0.3) is 11.3 Å². The molecule has 1 aliphatic carbocycles. The van der Waals surface area contributed by atoms with Gasteiger partial charge in [0, 0.05) is 37.3 Å². The van der Waals surface area contributed by atoms with Crippen LogP contribution >= 0.6 is 0 Å². The van der Waals surface area contributed by atoms with Crippen LogP contribution in [0.4, 0.5) is 0 Å². The summed E-state index contributed by atoms with van der Waals surface area (Å²) in [4.78, 5) is 20.6. The highest BCUT2D eigenvalue weighted by molar-refractivity contribution is 5.76. The van der Waals surface area contributed by atoms with Crippen LogP contribution in [0.15, 0.2) is 30.7 Å². The van der Waals surface area contributed by atoms with Crippen LogP contribution in [0, 0.1) is 5.92 Å². The summed E-state index contributed by atoms with van der Waals surface area (Å²) in [5.74, 6) is 1.94. The molecule has 0 bridgehead atoms. The van der Waals surface area contributed by atoms with E-state index in [0.29, 0.717) is 24.9 Å². The number of rotatable bonds is 5. The van der Waals surface area contributed by atoms with Crippen molar-refractivity contribution in [2.45, 2.75) is 38.1 Å². The molecule has 1 amide bonds. The smallest absolute Gasteiger partial charge is 0.220 e. The zero-order chi connectivity index (χ0) is 14.9. The van der Waals surface area contributed by atoms with Gasteiger partial charge in [0.15, 0.2) is 0 Å². The minimum absolute atomic E-state index is 0.194. The topological polar surface area (TPSA) is 59.8 Å². The summed E-state index contributed by atoms with van der Waals surface area (Å²) in [5.41, 5.74) is 2.18. The van der Waals surface area contributed by atoms with Crippen molar-refractivity contribution in [2.24, 2.45) is 5.92 Å². The number of hydrogen-bond acceptors (Lipinski definition) is 3. The average molecular weight is 296 g/mol. The number of nitrogens with zero attached hydrogens (tertiary/aromatic N) is 3. The van der Waals surface area contributed by atoms with Crippen molar-refractivity contribution in [3.05, 3.63) is 36.5 Å². The van der Waals surface area contributed by atoms with Gasteiger partial charge < -0.3 is 9.88 Å². The van der Waals surface area contributed by atoms with E-state index < -0.39 is 0 Å². The second-order valence-corrected chi connectivity index (χ2v) is 6.32. The van der Waals surface area contributed by atoms with Crippen molar-refractivity contribution in [1.82, 2.24) is 19.9 Å². The first-order valence-corrected chi connectivity index (χ1v) is 8.04. The van der Waals surface area contributed by atoms with Gasteiger partial charge in [-0.25, -0.2) is 4.98 Å². The van der Waals surface area contributed by atoms with Crippen LogP contribution in [0.2, 0.25) is 0 Å². The average Bonchev–Trinajstić information content (AvgIpc) is 3.11. The Balaban J connectivity index is 1.49. The maximum atomic E-state index is 11.9. The largest absolute Gasteiger partial charge is 0.354 e. The van der Waals surface area contributed by atoms with E-state index >= 15 is 0 Å². The molecule has 5 nitrogen and oxygen atoms in total. The lowest BCUT2D eigenvalue weighted by Gasteiger charge is -2.17. The minimum atomic E-state index is 0.194. The lowest BCUT2D eigenvalue weighted by atomic mass is 10.1. The van der Waals surface area contributed by atoms with E-state index in [0.717, 1.165) is 29.9 Å². The zero-order valence-electron chi connectivity index (χ0n) is 12.5. The van der Waals surface area contributed by atoms with Gasteiger partial charge >= 0.3 is 0 Å². The molecule has 3 heterocycles. The number of fused-ring (bicyclic) bond motifs is 1. The molecule has 2 aliphatic rings. The van der Waals surface area contributed by atoms with Gasteiger partial charge in [-0.05, 0) is 37.3 Å². The van der Waals surface area contributed by atoms with Gasteiger partial charge in [0.05, 0.1) is 17.9 Å². The molecular formula is C17H20N4O. The maximum absolute atomic E-state index is 11.9. The van der Waals surface area contributed by atoms with Gasteiger partial charge in [-0.15, -0.1) is 0 Å². The first-order chi connectivity index (χ1) is 10.8. The molecule has 0 saturated heterocycles. The Morgan fingerprint density at radius 3 is 3.00 bits per heavy atom. The third-order valence-corrected chi connectivity index (χ3v) is 4.60. The number of imidazole rings is 1. The fourth-order valence-corrected chi connectivity index (χ4v) is 3.23. The molecule has 1 aliphatic heterocycles. The SMILES string of the molecule is O=C(CC1CC1)NC[C@@H]1CCc2ncc(-c3cccnc3)n21. The van der Waals surface area contributed by atoms with Crippen molar-refractivity contribution in [3.8, 4) is 11.3 Å². The number of aromatic nitrogens is 3. The van der Waals surface area contributed by atoms with Crippen LogP contribution in [0.1, 0.15) is 37.5 Å². The number of amides is 1. The molecule has 2 aromatic heterocycles. The van der Waals surface area contributed by atoms with Gasteiger partial charge in [-0.3, -0.25) is 9.78 Å². The lowest BCUT2D eigenvalue weighted by molar-refractivity contribution is -0.121. The Labute approximate surface area is 129 Å². The van der Waals surface area contributed by atoms with Crippen molar-refractivity contribution in [1.29, 1.82) is 0 Å². The molecule has 0 radical (unpaired) electrons. The molecule has 5 heteroatoms. The summed E-state index contributed by atoms with van der Waals surface area (Å²) >= 11 is 0. The van der Waals surface area contributed by atoms with E-state index in [1.54, 1.807) is 6.20 Å². The minimum Gasteiger partial charge on any atom is -0.354 e. The standard InChI is InChI=1S/C17H20N4O/c22-17(8-12-3-4-12)20-10-14-5-6-16-19-11-15(21(14)16)13-2-1-7-18-9-13/h1-2,7,9,11-12,14H,3-6,8,10H2,(H,20,22)/t14-/m0/s1. The Hall–Kier alpha value is -2.17. The van der Waals surface area contributed by atoms with Crippen molar-refractivity contribution in [2.75, 3.05) is 6.54 Å². The number of hydrogen-bond donors (Lipinski definition) is 1. The van der Waals surface area contributed by atoms with Gasteiger partial charge in [-0.2, -0.15) is 0 Å². The molecule has 1 saturated carbocycles. The molecule has 1 atom stereocenters. The van der Waals surface area contributed by atoms with Crippen LogP contribution in [-0.2, 0) is 11.2 Å². The van der Waals surface area contributed by atoms with Crippen molar-refractivity contribution in [3.63, 3.8) is 0 Å². The monoisotopic (exact) mass is 296 g/mol. The van der Waals surface area contributed by atoms with E-state index in [1.807, 2.05) is 18.5 Å². The van der Waals surface area contributed by atoms with Crippen LogP contribution in [-0.4, -0.2) is 27.0 Å². The van der Waals surface area contributed by atoms with E-state index in [2.05, 4.69) is 25.9 Å². The predicted molar refractivity (Wildman–Crippen MR) is 83.2 cm³/mol. The summed E-state index contributed by atoms with van der Waals surface area (Å²) in [6, 6.07) is 4.30. The third-order valence-electron chi connectivity index (χ3n) is 4.60. The van der Waals surface area contributed by atoms with E-state index in [-0.39, 0.29) is 5.91 Å². The van der Waals surface area contributed by atoms with Crippen LogP contribution < -0.4 is 5.32 Å². The second-order valence-electron chi connectivity index (χ2n) is 6.32. The van der Waals surface area contributed by atoms with Crippen LogP contribution in [0.5, 0.6) is 0 Å². The molecule has 114 valence electrons. The number of carbonyl (C=O) groups excluding carboxylic acids is 1. The second kappa shape index (κ2) is 5.55. The fourth-order valence-electron chi connectivity index (χ4n) is 3.23. The number of aryl methyl sites for hydroxylation is 1. The number of carbonyl (C=O) groups is 1. The fraction of sp³-hybridized carbons (Fsp3) is 0.471. The predicted octanol–water partition coefficient (Wildman–Crippen LogP) is 2.35. The molecule has 1 N–H and O–H groups in total. The number of pyridine rings is 1. The molecular weight excluding hydrogens is 276 g/mol. The van der Waals surface area contributed by atoms with E-state index in [4.69, 9.17) is 0 Å². The summed E-state index contributed by atoms with van der Waals surface area (Å²) in [5, 5.41) is 3.10.